The molecule has 0 aliphatic carbocycles. The summed E-state index contributed by atoms with van der Waals surface area (Å²) in [5.74, 6) is 0. The van der Waals surface area contributed by atoms with Crippen LogP contribution in [0.3, 0.4) is 0 Å². The molecule has 3 heteroatoms. The fraction of sp³-hybridized carbons (Fsp3) is 0.429. The van der Waals surface area contributed by atoms with Gasteiger partial charge in [-0.15, -0.1) is 0 Å². The van der Waals surface area contributed by atoms with E-state index in [-0.39, 0.29) is 6.04 Å². The van der Waals surface area contributed by atoms with Crippen molar-refractivity contribution in [3.8, 4) is 0 Å². The van der Waals surface area contributed by atoms with E-state index in [1.165, 1.54) is 24.2 Å². The highest BCUT2D eigenvalue weighted by Crippen LogP contribution is 2.34. The van der Waals surface area contributed by atoms with Gasteiger partial charge in [0.05, 0.1) is 32.2 Å². The van der Waals surface area contributed by atoms with Crippen molar-refractivity contribution in [3.63, 3.8) is 0 Å². The van der Waals surface area contributed by atoms with Crippen LogP contribution in [0.15, 0.2) is 54.6 Å². The van der Waals surface area contributed by atoms with Gasteiger partial charge < -0.3 is 4.48 Å². The summed E-state index contributed by atoms with van der Waals surface area (Å²) in [7, 11) is 2.38. The van der Waals surface area contributed by atoms with Crippen molar-refractivity contribution in [1.82, 2.24) is 4.90 Å². The van der Waals surface area contributed by atoms with E-state index in [1.807, 2.05) is 12.1 Å². The first kappa shape index (κ1) is 17.5. The zero-order chi connectivity index (χ0) is 17.2. The van der Waals surface area contributed by atoms with Gasteiger partial charge in [-0.2, -0.15) is 0 Å². The molecule has 1 atom stereocenters. The molecule has 1 heterocycles. The first-order valence-corrected chi connectivity index (χ1v) is 9.27. The standard InChI is InChI=1S/C21H28ClN2/c1-17(2)24(3)15-13-23(14-16-24)21(18-9-5-4-6-10-18)19-11-7-8-12-20(19)22/h4-12,17,21H,13-16H2,1-3H3/q+1. The van der Waals surface area contributed by atoms with E-state index in [0.29, 0.717) is 6.04 Å². The lowest BCUT2D eigenvalue weighted by atomic mass is 9.96. The monoisotopic (exact) mass is 343 g/mol. The van der Waals surface area contributed by atoms with Gasteiger partial charge in [0.15, 0.2) is 0 Å². The van der Waals surface area contributed by atoms with Gasteiger partial charge >= 0.3 is 0 Å². The molecule has 128 valence electrons. The zero-order valence-electron chi connectivity index (χ0n) is 15.0. The maximum atomic E-state index is 6.56. The van der Waals surface area contributed by atoms with Crippen LogP contribution in [-0.2, 0) is 0 Å². The molecule has 0 saturated carbocycles. The highest BCUT2D eigenvalue weighted by atomic mass is 35.5. The van der Waals surface area contributed by atoms with Crippen molar-refractivity contribution in [2.75, 3.05) is 33.2 Å². The number of quaternary nitrogens is 1. The summed E-state index contributed by atoms with van der Waals surface area (Å²) >= 11 is 6.56. The summed E-state index contributed by atoms with van der Waals surface area (Å²) in [6.45, 7) is 9.23. The van der Waals surface area contributed by atoms with E-state index >= 15 is 0 Å². The van der Waals surface area contributed by atoms with E-state index in [1.54, 1.807) is 0 Å². The van der Waals surface area contributed by atoms with Crippen molar-refractivity contribution in [1.29, 1.82) is 0 Å². The molecule has 1 saturated heterocycles. The third-order valence-corrected chi connectivity index (χ3v) is 6.07. The molecule has 0 spiro atoms. The topological polar surface area (TPSA) is 3.24 Å². The van der Waals surface area contributed by atoms with Crippen LogP contribution in [0.5, 0.6) is 0 Å². The molecule has 2 aromatic rings. The largest absolute Gasteiger partial charge is 0.322 e. The zero-order valence-corrected chi connectivity index (χ0v) is 15.7. The number of likely N-dealkylation sites (N-methyl/N-ethyl adjacent to an activating group) is 1. The van der Waals surface area contributed by atoms with E-state index in [9.17, 15) is 0 Å². The van der Waals surface area contributed by atoms with Crippen LogP contribution in [-0.4, -0.2) is 48.7 Å². The minimum absolute atomic E-state index is 0.237. The molecule has 1 aliphatic heterocycles. The van der Waals surface area contributed by atoms with E-state index in [2.05, 4.69) is 68.3 Å². The molecule has 1 fully saturated rings. The van der Waals surface area contributed by atoms with Crippen LogP contribution in [0, 0.1) is 0 Å². The van der Waals surface area contributed by atoms with Crippen LogP contribution in [0.2, 0.25) is 5.02 Å². The highest BCUT2D eigenvalue weighted by molar-refractivity contribution is 6.31. The van der Waals surface area contributed by atoms with Gasteiger partial charge in [0, 0.05) is 18.1 Å². The summed E-state index contributed by atoms with van der Waals surface area (Å²) < 4.78 is 1.15. The fourth-order valence-electron chi connectivity index (χ4n) is 3.63. The molecule has 0 amide bonds. The molecule has 2 nitrogen and oxygen atoms in total. The van der Waals surface area contributed by atoms with E-state index in [0.717, 1.165) is 22.6 Å². The SMILES string of the molecule is CC(C)[N+]1(C)CCN(C(c2ccccc2)c2ccccc2Cl)CC1. The summed E-state index contributed by atoms with van der Waals surface area (Å²) in [5, 5.41) is 0.859. The van der Waals surface area contributed by atoms with Crippen molar-refractivity contribution >= 4 is 11.6 Å². The maximum absolute atomic E-state index is 6.56. The van der Waals surface area contributed by atoms with Crippen LogP contribution in [0.1, 0.15) is 31.0 Å². The van der Waals surface area contributed by atoms with Crippen molar-refractivity contribution in [3.05, 3.63) is 70.7 Å². The Balaban J connectivity index is 1.91. The number of halogens is 1. The van der Waals surface area contributed by atoms with Gasteiger partial charge in [0.1, 0.15) is 0 Å². The Morgan fingerprint density at radius 2 is 1.50 bits per heavy atom. The van der Waals surface area contributed by atoms with Crippen LogP contribution < -0.4 is 0 Å². The molecule has 0 N–H and O–H groups in total. The average molecular weight is 344 g/mol. The molecule has 1 aliphatic rings. The second-order valence-electron chi connectivity index (χ2n) is 7.39. The normalized spacial score (nSPS) is 19.4. The third-order valence-electron chi connectivity index (χ3n) is 5.72. The quantitative estimate of drug-likeness (QED) is 0.733. The Morgan fingerprint density at radius 3 is 2.08 bits per heavy atom. The Kier molecular flexibility index (Phi) is 5.29. The number of benzene rings is 2. The van der Waals surface area contributed by atoms with Crippen LogP contribution in [0.25, 0.3) is 0 Å². The molecule has 3 rings (SSSR count). The van der Waals surface area contributed by atoms with E-state index in [4.69, 9.17) is 11.6 Å². The first-order chi connectivity index (χ1) is 11.5. The van der Waals surface area contributed by atoms with Crippen LogP contribution in [0.4, 0.5) is 0 Å². The average Bonchev–Trinajstić information content (AvgIpc) is 2.59. The number of rotatable bonds is 4. The van der Waals surface area contributed by atoms with Gasteiger partial charge in [-0.3, -0.25) is 4.90 Å². The smallest absolute Gasteiger partial charge is 0.0916 e. The van der Waals surface area contributed by atoms with Crippen molar-refractivity contribution in [2.24, 2.45) is 0 Å². The molecule has 0 radical (unpaired) electrons. The second-order valence-corrected chi connectivity index (χ2v) is 7.80. The summed E-state index contributed by atoms with van der Waals surface area (Å²) in [4.78, 5) is 2.60. The Bertz CT molecular complexity index is 661. The van der Waals surface area contributed by atoms with Gasteiger partial charge in [0.2, 0.25) is 0 Å². The summed E-state index contributed by atoms with van der Waals surface area (Å²) in [5.41, 5.74) is 2.54. The van der Waals surface area contributed by atoms with E-state index < -0.39 is 0 Å². The maximum Gasteiger partial charge on any atom is 0.0916 e. The molecule has 24 heavy (non-hydrogen) atoms. The Morgan fingerprint density at radius 1 is 0.917 bits per heavy atom. The molecule has 0 aromatic heterocycles. The second kappa shape index (κ2) is 7.26. The lowest BCUT2D eigenvalue weighted by Crippen LogP contribution is -2.60. The minimum Gasteiger partial charge on any atom is -0.322 e. The highest BCUT2D eigenvalue weighted by Gasteiger charge is 2.35. The van der Waals surface area contributed by atoms with Crippen LogP contribution >= 0.6 is 11.6 Å². The first-order valence-electron chi connectivity index (χ1n) is 8.89. The van der Waals surface area contributed by atoms with Crippen molar-refractivity contribution in [2.45, 2.75) is 25.9 Å². The summed E-state index contributed by atoms with van der Waals surface area (Å²) in [6, 6.07) is 20.0. The Hall–Kier alpha value is -1.35. The van der Waals surface area contributed by atoms with Gasteiger partial charge in [-0.05, 0) is 31.0 Å². The number of hydrogen-bond donors (Lipinski definition) is 0. The van der Waals surface area contributed by atoms with Gasteiger partial charge in [-0.1, -0.05) is 60.1 Å². The molecule has 1 unspecified atom stereocenters. The van der Waals surface area contributed by atoms with Gasteiger partial charge in [-0.25, -0.2) is 0 Å². The molecular formula is C21H28ClN2+. The third kappa shape index (κ3) is 3.51. The predicted molar refractivity (Wildman–Crippen MR) is 102 cm³/mol. The van der Waals surface area contributed by atoms with Gasteiger partial charge in [0.25, 0.3) is 0 Å². The minimum atomic E-state index is 0.237. The predicted octanol–water partition coefficient (Wildman–Crippen LogP) is 4.60. The summed E-state index contributed by atoms with van der Waals surface area (Å²) in [6.07, 6.45) is 0. The number of piperazine rings is 1. The lowest BCUT2D eigenvalue weighted by molar-refractivity contribution is -0.933. The Labute approximate surface area is 151 Å². The lowest BCUT2D eigenvalue weighted by Gasteiger charge is -2.47. The fourth-order valence-corrected chi connectivity index (χ4v) is 3.87. The number of hydrogen-bond acceptors (Lipinski definition) is 1. The molecule has 0 bridgehead atoms. The molecule has 2 aromatic carbocycles. The van der Waals surface area contributed by atoms with Crippen molar-refractivity contribution < 1.29 is 4.48 Å². The molecular weight excluding hydrogens is 316 g/mol. The number of nitrogens with zero attached hydrogens (tertiary/aromatic N) is 2.